The molecule has 1 aromatic rings. The monoisotopic (exact) mass is 413 g/mol. The van der Waals surface area contributed by atoms with Gasteiger partial charge in [-0.3, -0.25) is 9.69 Å². The summed E-state index contributed by atoms with van der Waals surface area (Å²) >= 11 is 0. The second-order valence-corrected chi connectivity index (χ2v) is 8.30. The Morgan fingerprint density at radius 2 is 1.97 bits per heavy atom. The highest BCUT2D eigenvalue weighted by Gasteiger charge is 2.49. The van der Waals surface area contributed by atoms with Crippen LogP contribution >= 0.6 is 0 Å². The second kappa shape index (κ2) is 8.52. The summed E-state index contributed by atoms with van der Waals surface area (Å²) in [6.07, 6.45) is -2.72. The number of hydrogen-bond donors (Lipinski definition) is 1. The molecule has 7 nitrogen and oxygen atoms in total. The van der Waals surface area contributed by atoms with Crippen LogP contribution in [0.1, 0.15) is 32.8 Å². The predicted octanol–water partition coefficient (Wildman–Crippen LogP) is 1.83. The molecule has 2 rings (SSSR count). The number of rotatable bonds is 5. The second-order valence-electron chi connectivity index (χ2n) is 8.30. The number of benzene rings is 1. The van der Waals surface area contributed by atoms with Gasteiger partial charge in [0.05, 0.1) is 27.2 Å². The van der Waals surface area contributed by atoms with Crippen LogP contribution in [0.15, 0.2) is 18.2 Å². The Balaban J connectivity index is 2.52. The fraction of sp³-hybridized carbons (Fsp3) is 0.600. The number of nitrogens with one attached hydrogen (secondary N) is 1. The molecule has 1 unspecified atom stereocenters. The molecule has 162 valence electrons. The Kier molecular flexibility index (Phi) is 6.72. The SMILES string of the molecule is COc1ccc(CN2CC(F)(F)CC(=O)C(NC(=O)[O-])[C@H]2C(C)(C)C)c(OC)c1. The molecule has 0 radical (unpaired) electrons. The third-order valence-corrected chi connectivity index (χ3v) is 4.95. The summed E-state index contributed by atoms with van der Waals surface area (Å²) in [5.74, 6) is -3.17. The topological polar surface area (TPSA) is 90.9 Å². The standard InChI is InChI=1S/C20H28F2N2O5/c1-19(2,3)17-16(23-18(26)27)14(25)9-20(21,22)11-24(17)10-12-6-7-13(28-4)8-15(12)29-5/h6-8,16-17,23H,9-11H2,1-5H3,(H,26,27)/p-1/t16?,17-/m0/s1. The van der Waals surface area contributed by atoms with Gasteiger partial charge < -0.3 is 24.7 Å². The Hall–Kier alpha value is -2.42. The lowest BCUT2D eigenvalue weighted by atomic mass is 9.79. The molecule has 0 bridgehead atoms. The van der Waals surface area contributed by atoms with E-state index in [2.05, 4.69) is 5.32 Å². The highest BCUT2D eigenvalue weighted by Crippen LogP contribution is 2.37. The van der Waals surface area contributed by atoms with Crippen molar-refractivity contribution in [1.82, 2.24) is 10.2 Å². The lowest BCUT2D eigenvalue weighted by molar-refractivity contribution is -0.252. The molecular weight excluding hydrogens is 386 g/mol. The fourth-order valence-electron chi connectivity index (χ4n) is 3.89. The molecule has 1 N–H and O–H groups in total. The minimum atomic E-state index is -3.30. The van der Waals surface area contributed by atoms with E-state index in [4.69, 9.17) is 9.47 Å². The van der Waals surface area contributed by atoms with E-state index in [0.717, 1.165) is 0 Å². The number of amides is 1. The molecule has 1 fully saturated rings. The number of ketones is 1. The van der Waals surface area contributed by atoms with Crippen molar-refractivity contribution in [2.75, 3.05) is 20.8 Å². The molecule has 9 heteroatoms. The number of carbonyl (C=O) groups excluding carboxylic acids is 2. The van der Waals surface area contributed by atoms with Crippen LogP contribution in [0.4, 0.5) is 13.6 Å². The Morgan fingerprint density at radius 3 is 2.48 bits per heavy atom. The number of halogens is 2. The molecule has 1 aliphatic rings. The van der Waals surface area contributed by atoms with Gasteiger partial charge in [-0.15, -0.1) is 0 Å². The van der Waals surface area contributed by atoms with Crippen LogP contribution in [0, 0.1) is 5.41 Å². The van der Waals surface area contributed by atoms with E-state index in [9.17, 15) is 23.5 Å². The van der Waals surface area contributed by atoms with Crippen LogP contribution in [0.3, 0.4) is 0 Å². The minimum absolute atomic E-state index is 0.0310. The van der Waals surface area contributed by atoms with Crippen molar-refractivity contribution < 1.29 is 33.0 Å². The molecule has 29 heavy (non-hydrogen) atoms. The van der Waals surface area contributed by atoms with Gasteiger partial charge in [0.15, 0.2) is 5.78 Å². The highest BCUT2D eigenvalue weighted by molar-refractivity contribution is 5.88. The fourth-order valence-corrected chi connectivity index (χ4v) is 3.89. The molecular formula is C20H27F2N2O5-. The zero-order valence-corrected chi connectivity index (χ0v) is 17.3. The predicted molar refractivity (Wildman–Crippen MR) is 100 cm³/mol. The van der Waals surface area contributed by atoms with Gasteiger partial charge in [-0.1, -0.05) is 26.8 Å². The Labute approximate surface area is 169 Å². The number of Topliss-reactive ketones (excluding diaryl/α,β-unsaturated/α-hetero) is 1. The summed E-state index contributed by atoms with van der Waals surface area (Å²) in [5, 5.41) is 13.2. The number of carboxylic acid groups (broad SMARTS) is 1. The number of ether oxygens (including phenoxy) is 2. The molecule has 0 aromatic heterocycles. The summed E-state index contributed by atoms with van der Waals surface area (Å²) in [6, 6.07) is 2.86. The van der Waals surface area contributed by atoms with Gasteiger partial charge in [0.1, 0.15) is 23.6 Å². The van der Waals surface area contributed by atoms with Crippen LogP contribution in [0.2, 0.25) is 0 Å². The molecule has 2 atom stereocenters. The van der Waals surface area contributed by atoms with Crippen LogP contribution in [0.25, 0.3) is 0 Å². The average Bonchev–Trinajstić information content (AvgIpc) is 2.67. The first kappa shape index (κ1) is 22.9. The zero-order chi connectivity index (χ0) is 22.0. The number of likely N-dealkylation sites (tertiary alicyclic amines) is 1. The molecule has 1 saturated heterocycles. The van der Waals surface area contributed by atoms with Gasteiger partial charge in [-0.2, -0.15) is 0 Å². The van der Waals surface area contributed by atoms with Crippen molar-refractivity contribution in [3.63, 3.8) is 0 Å². The van der Waals surface area contributed by atoms with E-state index in [-0.39, 0.29) is 6.54 Å². The minimum Gasteiger partial charge on any atom is -0.530 e. The number of methoxy groups -OCH3 is 2. The quantitative estimate of drug-likeness (QED) is 0.792. The van der Waals surface area contributed by atoms with Gasteiger partial charge in [-0.05, 0) is 11.5 Å². The van der Waals surface area contributed by atoms with E-state index >= 15 is 0 Å². The molecule has 0 saturated carbocycles. The lowest BCUT2D eigenvalue weighted by Gasteiger charge is -2.43. The van der Waals surface area contributed by atoms with E-state index in [1.807, 2.05) is 0 Å². The van der Waals surface area contributed by atoms with Gasteiger partial charge >= 0.3 is 0 Å². The molecule has 1 amide bonds. The summed E-state index contributed by atoms with van der Waals surface area (Å²) < 4.78 is 39.6. The average molecular weight is 413 g/mol. The van der Waals surface area contributed by atoms with Crippen molar-refractivity contribution in [1.29, 1.82) is 0 Å². The Morgan fingerprint density at radius 1 is 1.31 bits per heavy atom. The van der Waals surface area contributed by atoms with Crippen LogP contribution < -0.4 is 19.9 Å². The molecule has 1 aromatic carbocycles. The number of nitrogens with zero attached hydrogens (tertiary/aromatic N) is 1. The van der Waals surface area contributed by atoms with Crippen molar-refractivity contribution in [3.05, 3.63) is 23.8 Å². The third kappa shape index (κ3) is 5.56. The van der Waals surface area contributed by atoms with Crippen molar-refractivity contribution in [3.8, 4) is 11.5 Å². The van der Waals surface area contributed by atoms with Crippen molar-refractivity contribution >= 4 is 11.9 Å². The maximum atomic E-state index is 14.5. The smallest absolute Gasteiger partial charge is 0.267 e. The number of alkyl halides is 2. The highest BCUT2D eigenvalue weighted by atomic mass is 19.3. The van der Waals surface area contributed by atoms with Crippen molar-refractivity contribution in [2.45, 2.75) is 51.7 Å². The van der Waals surface area contributed by atoms with Crippen LogP contribution in [0.5, 0.6) is 11.5 Å². The molecule has 0 aliphatic carbocycles. The van der Waals surface area contributed by atoms with Gasteiger partial charge in [0.25, 0.3) is 5.92 Å². The Bertz CT molecular complexity index is 764. The van der Waals surface area contributed by atoms with Gasteiger partial charge in [0.2, 0.25) is 0 Å². The number of carbonyl (C=O) groups is 2. The third-order valence-electron chi connectivity index (χ3n) is 4.95. The van der Waals surface area contributed by atoms with Crippen LogP contribution in [-0.4, -0.2) is 55.5 Å². The van der Waals surface area contributed by atoms with Gasteiger partial charge in [-0.25, -0.2) is 8.78 Å². The van der Waals surface area contributed by atoms with E-state index < -0.39 is 48.3 Å². The first-order valence-corrected chi connectivity index (χ1v) is 9.21. The summed E-state index contributed by atoms with van der Waals surface area (Å²) in [7, 11) is 2.96. The van der Waals surface area contributed by atoms with Crippen molar-refractivity contribution in [2.24, 2.45) is 5.41 Å². The van der Waals surface area contributed by atoms with E-state index in [1.54, 1.807) is 39.0 Å². The maximum Gasteiger partial charge on any atom is 0.267 e. The van der Waals surface area contributed by atoms with Gasteiger partial charge in [0, 0.05) is 24.2 Å². The molecule has 1 aliphatic heterocycles. The first-order chi connectivity index (χ1) is 13.4. The largest absolute Gasteiger partial charge is 0.530 e. The summed E-state index contributed by atoms with van der Waals surface area (Å²) in [6.45, 7) is 4.66. The zero-order valence-electron chi connectivity index (χ0n) is 17.3. The van der Waals surface area contributed by atoms with E-state index in [1.165, 1.54) is 19.1 Å². The summed E-state index contributed by atoms with van der Waals surface area (Å²) in [4.78, 5) is 25.1. The molecule has 1 heterocycles. The van der Waals surface area contributed by atoms with Crippen LogP contribution in [-0.2, 0) is 11.3 Å². The molecule has 0 spiro atoms. The number of hydrogen-bond acceptors (Lipinski definition) is 6. The summed E-state index contributed by atoms with van der Waals surface area (Å²) in [5.41, 5.74) is -0.0805. The lowest BCUT2D eigenvalue weighted by Crippen LogP contribution is -2.61. The maximum absolute atomic E-state index is 14.5. The normalized spacial score (nSPS) is 22.7. The first-order valence-electron chi connectivity index (χ1n) is 9.21. The van der Waals surface area contributed by atoms with E-state index in [0.29, 0.717) is 17.1 Å².